The van der Waals surface area contributed by atoms with E-state index in [9.17, 15) is 26.3 Å². The number of benzene rings is 8. The van der Waals surface area contributed by atoms with E-state index < -0.39 is 31.3 Å². The lowest BCUT2D eigenvalue weighted by Crippen LogP contribution is -2.28. The summed E-state index contributed by atoms with van der Waals surface area (Å²) < 4.78 is 128. The lowest BCUT2D eigenvalue weighted by Gasteiger charge is -2.10. The quantitative estimate of drug-likeness (QED) is 0.0825. The summed E-state index contributed by atoms with van der Waals surface area (Å²) in [5.74, 6) is 0. The van der Waals surface area contributed by atoms with Gasteiger partial charge in [-0.25, -0.2) is 16.8 Å². The maximum atomic E-state index is 10.7. The number of aromatic nitrogens is 6. The van der Waals surface area contributed by atoms with Gasteiger partial charge in [0.25, 0.3) is 0 Å². The number of hydrogen-bond donors (Lipinski definition) is 0. The zero-order chi connectivity index (χ0) is 62.7. The SMILES string of the molecule is O=S(=O)([O-])C(F)(F)F.O=S(=O)([O-])C(F)(F)F.c1cc2nc(c1)CCc1ccccc1-[n+]1pn(c3c1-c1cccc4cccc-3c14)-c1ccccc1CC2.c1cc2nc(c1)CCc1ccccc1-[n+]1pn(c3c1-c1cccc4cccc-3c14)-c1ccccc1CC2. The lowest BCUT2D eigenvalue weighted by molar-refractivity contribution is -0.505. The van der Waals surface area contributed by atoms with Gasteiger partial charge in [0.15, 0.2) is 43.0 Å². The standard InChI is InChI=1S/2C33H25N3P.2CHF3O3S/c2*1-3-16-29-22(8-1)18-20-25-12-7-13-26(34-25)21-19-23-9-2-4-17-30(23)36-33-28-15-6-11-24-10-5-14-27(31(24)28)32(33)35(29)37-36;2*2-1(3,4)8(5,6)7/h2*1-17H,18-21H2;2*(H,5,6,7)/q2*+1;;/p-2. The number of para-hydroxylation sites is 4. The maximum absolute atomic E-state index is 10.7. The number of pyridine rings is 2. The smallest absolute Gasteiger partial charge is 0.485 e. The van der Waals surface area contributed by atoms with Gasteiger partial charge in [-0.05, 0) is 157 Å². The van der Waals surface area contributed by atoms with Crippen LogP contribution in [0.25, 0.3) is 89.3 Å². The second-order valence-corrected chi connectivity index (χ2v) is 26.5. The monoisotopic (exact) mass is 1290 g/mol. The summed E-state index contributed by atoms with van der Waals surface area (Å²) >= 11 is 0. The van der Waals surface area contributed by atoms with Crippen LogP contribution < -0.4 is 8.66 Å². The van der Waals surface area contributed by atoms with Crippen molar-refractivity contribution >= 4 is 58.8 Å². The molecule has 22 heteroatoms. The van der Waals surface area contributed by atoms with Crippen LogP contribution >= 0.6 is 17.0 Å². The third-order valence-corrected chi connectivity index (χ3v) is 19.8. The van der Waals surface area contributed by atoms with E-state index in [-0.39, 0.29) is 0 Å². The molecule has 0 N–H and O–H groups in total. The Kier molecular flexibility index (Phi) is 16.0. The lowest BCUT2D eigenvalue weighted by atomic mass is 10.0. The number of nitrogens with zero attached hydrogens (tertiary/aromatic N) is 6. The molecule has 2 aliphatic heterocycles. The summed E-state index contributed by atoms with van der Waals surface area (Å²) in [5, 5.41) is 5.35. The first-order valence-corrected chi connectivity index (χ1v) is 33.0. The molecule has 452 valence electrons. The molecule has 0 radical (unpaired) electrons. The van der Waals surface area contributed by atoms with E-state index in [1.807, 2.05) is 0 Å². The Morgan fingerprint density at radius 1 is 0.367 bits per heavy atom. The maximum Gasteiger partial charge on any atom is 0.485 e. The van der Waals surface area contributed by atoms with Crippen molar-refractivity contribution in [2.45, 2.75) is 62.4 Å². The minimum atomic E-state index is -6.09. The summed E-state index contributed by atoms with van der Waals surface area (Å²) in [6, 6.07) is 75.8. The highest BCUT2D eigenvalue weighted by atomic mass is 32.2. The van der Waals surface area contributed by atoms with Crippen molar-refractivity contribution < 1.29 is 60.9 Å². The number of alkyl halides is 6. The van der Waals surface area contributed by atoms with Crippen molar-refractivity contribution in [3.63, 3.8) is 0 Å². The van der Waals surface area contributed by atoms with Crippen LogP contribution in [0.4, 0.5) is 26.3 Å². The molecule has 0 spiro atoms. The molecular weight excluding hydrogens is 1240 g/mol. The zero-order valence-corrected chi connectivity index (χ0v) is 50.8. The van der Waals surface area contributed by atoms with Gasteiger partial charge in [0.1, 0.15) is 22.7 Å². The first-order valence-electron chi connectivity index (χ1n) is 28.6. The number of fused-ring (bicyclic) bond motifs is 26. The molecule has 4 aliphatic rings. The first kappa shape index (κ1) is 60.2. The molecule has 0 saturated heterocycles. The van der Waals surface area contributed by atoms with Crippen molar-refractivity contribution in [1.82, 2.24) is 18.6 Å². The molecule has 12 aromatic rings. The fourth-order valence-corrected chi connectivity index (χ4v) is 14.9. The molecule has 0 atom stereocenters. The molecule has 2 aliphatic carbocycles. The van der Waals surface area contributed by atoms with E-state index in [2.05, 4.69) is 224 Å². The Hall–Kier alpha value is -8.74. The van der Waals surface area contributed by atoms with Gasteiger partial charge < -0.3 is 9.11 Å². The highest BCUT2D eigenvalue weighted by Gasteiger charge is 2.41. The van der Waals surface area contributed by atoms with Gasteiger partial charge in [0.05, 0.1) is 0 Å². The van der Waals surface area contributed by atoms with E-state index in [0.29, 0.717) is 0 Å². The van der Waals surface area contributed by atoms with Gasteiger partial charge in [-0.15, -0.1) is 0 Å². The average molecular weight is 1290 g/mol. The van der Waals surface area contributed by atoms with E-state index in [1.165, 1.54) is 134 Å². The zero-order valence-electron chi connectivity index (χ0n) is 47.4. The van der Waals surface area contributed by atoms with Gasteiger partial charge in [-0.1, -0.05) is 133 Å². The Labute approximate surface area is 517 Å². The second-order valence-electron chi connectivity index (χ2n) is 21.8. The summed E-state index contributed by atoms with van der Waals surface area (Å²) in [6.07, 6.45) is 7.64. The van der Waals surface area contributed by atoms with E-state index >= 15 is 0 Å². The largest absolute Gasteiger partial charge is 0.741 e. The number of aryl methyl sites for hydroxylation is 8. The van der Waals surface area contributed by atoms with Crippen LogP contribution in [0.3, 0.4) is 0 Å². The van der Waals surface area contributed by atoms with Crippen molar-refractivity contribution in [2.75, 3.05) is 0 Å². The summed E-state index contributed by atoms with van der Waals surface area (Å²) in [5.41, 5.74) is 14.7. The van der Waals surface area contributed by atoms with E-state index in [4.69, 9.17) is 35.9 Å². The van der Waals surface area contributed by atoms with E-state index in [0.717, 1.165) is 68.4 Å². The average Bonchev–Trinajstić information content (AvgIpc) is 1.58. The van der Waals surface area contributed by atoms with Gasteiger partial charge in [-0.3, -0.25) is 9.97 Å². The summed E-state index contributed by atoms with van der Waals surface area (Å²) in [6.45, 7) is 0. The Morgan fingerprint density at radius 3 is 1.00 bits per heavy atom. The van der Waals surface area contributed by atoms with Crippen molar-refractivity contribution in [1.29, 1.82) is 0 Å². The third-order valence-electron chi connectivity index (χ3n) is 16.3. The Morgan fingerprint density at radius 2 is 0.656 bits per heavy atom. The van der Waals surface area contributed by atoms with Crippen LogP contribution in [0, 0.1) is 0 Å². The number of halogens is 6. The van der Waals surface area contributed by atoms with Gasteiger partial charge in [0.2, 0.25) is 0 Å². The molecular formula is C68H50F6N6O6P2S2. The molecule has 8 bridgehead atoms. The van der Waals surface area contributed by atoms with Crippen LogP contribution in [0.2, 0.25) is 0 Å². The first-order chi connectivity index (χ1) is 43.2. The van der Waals surface area contributed by atoms with Crippen LogP contribution in [-0.2, 0) is 71.6 Å². The molecule has 4 aromatic heterocycles. The summed E-state index contributed by atoms with van der Waals surface area (Å²) in [4.78, 5) is 10.1. The highest BCUT2D eigenvalue weighted by molar-refractivity contribution is 7.86. The molecule has 90 heavy (non-hydrogen) atoms. The van der Waals surface area contributed by atoms with Crippen molar-refractivity contribution in [3.8, 4) is 67.8 Å². The molecule has 0 fully saturated rings. The van der Waals surface area contributed by atoms with Crippen LogP contribution in [-0.4, -0.2) is 55.6 Å². The fraction of sp³-hybridized carbons (Fsp3) is 0.147. The van der Waals surface area contributed by atoms with Gasteiger partial charge >= 0.3 is 28.0 Å². The number of rotatable bonds is 0. The predicted molar refractivity (Wildman–Crippen MR) is 333 cm³/mol. The third kappa shape index (κ3) is 11.5. The molecule has 12 nitrogen and oxygen atoms in total. The number of hydrogen-bond acceptors (Lipinski definition) is 8. The van der Waals surface area contributed by atoms with Crippen LogP contribution in [0.1, 0.15) is 45.0 Å². The second kappa shape index (κ2) is 23.9. The highest BCUT2D eigenvalue weighted by Crippen LogP contribution is 2.51. The molecule has 0 unspecified atom stereocenters. The fourth-order valence-electron chi connectivity index (χ4n) is 12.3. The minimum Gasteiger partial charge on any atom is -0.741 e. The van der Waals surface area contributed by atoms with Crippen LogP contribution in [0.15, 0.2) is 206 Å². The van der Waals surface area contributed by atoms with Crippen LogP contribution in [0.5, 0.6) is 0 Å². The minimum absolute atomic E-state index is 0.942. The Bertz CT molecular complexity index is 4490. The van der Waals surface area contributed by atoms with Crippen molar-refractivity contribution in [2.24, 2.45) is 0 Å². The molecule has 0 saturated carbocycles. The van der Waals surface area contributed by atoms with Gasteiger partial charge in [0, 0.05) is 55.8 Å². The molecule has 16 rings (SSSR count). The van der Waals surface area contributed by atoms with Crippen molar-refractivity contribution in [3.05, 3.63) is 251 Å². The molecule has 6 heterocycles. The molecule has 8 aromatic carbocycles. The normalized spacial score (nSPS) is 13.8. The summed E-state index contributed by atoms with van der Waals surface area (Å²) in [7, 11) is -9.89. The van der Waals surface area contributed by atoms with E-state index in [1.54, 1.807) is 0 Å². The van der Waals surface area contributed by atoms with Gasteiger partial charge in [-0.2, -0.15) is 43.7 Å². The predicted octanol–water partition coefficient (Wildman–Crippen LogP) is 14.9. The molecule has 0 amide bonds. The topological polar surface area (TPSA) is 158 Å². The Balaban J connectivity index is 0.000000133.